The fourth-order valence-corrected chi connectivity index (χ4v) is 5.26. The highest BCUT2D eigenvalue weighted by Gasteiger charge is 2.42. The van der Waals surface area contributed by atoms with Gasteiger partial charge in [0.15, 0.2) is 0 Å². The molecule has 6 nitrogen and oxygen atoms in total. The van der Waals surface area contributed by atoms with E-state index < -0.39 is 10.0 Å². The lowest BCUT2D eigenvalue weighted by Gasteiger charge is -2.24. The van der Waals surface area contributed by atoms with Gasteiger partial charge in [-0.05, 0) is 25.0 Å². The smallest absolute Gasteiger partial charge is 0.261 e. The van der Waals surface area contributed by atoms with Crippen LogP contribution < -0.4 is 5.56 Å². The Morgan fingerprint density at radius 1 is 1.18 bits per heavy atom. The van der Waals surface area contributed by atoms with E-state index in [9.17, 15) is 13.2 Å². The van der Waals surface area contributed by atoms with E-state index in [-0.39, 0.29) is 17.6 Å². The first-order valence-corrected chi connectivity index (χ1v) is 9.27. The zero-order chi connectivity index (χ0) is 15.5. The van der Waals surface area contributed by atoms with Gasteiger partial charge in [0.05, 0.1) is 17.2 Å². The Kier molecular flexibility index (Phi) is 2.93. The second kappa shape index (κ2) is 4.63. The predicted octanol–water partition coefficient (Wildman–Crippen LogP) is 0.745. The number of nitrogens with zero attached hydrogens (tertiary/aromatic N) is 3. The zero-order valence-electron chi connectivity index (χ0n) is 12.3. The number of hydrogen-bond donors (Lipinski definition) is 0. The topological polar surface area (TPSA) is 72.3 Å². The van der Waals surface area contributed by atoms with E-state index in [2.05, 4.69) is 4.98 Å². The minimum absolute atomic E-state index is 0.0680. The summed E-state index contributed by atoms with van der Waals surface area (Å²) in [7, 11) is -3.27. The van der Waals surface area contributed by atoms with Crippen molar-refractivity contribution in [1.29, 1.82) is 0 Å². The molecule has 1 fully saturated rings. The SMILES string of the molecule is CS(=O)(=O)N1[C@@H]2CC[C@@H]1Cn1c(nc3ccccc3c1=O)C2. The third kappa shape index (κ3) is 1.99. The van der Waals surface area contributed by atoms with E-state index in [1.54, 1.807) is 14.9 Å². The van der Waals surface area contributed by atoms with Crippen LogP contribution in [0.25, 0.3) is 10.9 Å². The number of aromatic nitrogens is 2. The first kappa shape index (κ1) is 13.9. The van der Waals surface area contributed by atoms with Gasteiger partial charge in [0.2, 0.25) is 10.0 Å². The van der Waals surface area contributed by atoms with Crippen molar-refractivity contribution in [3.05, 3.63) is 40.4 Å². The van der Waals surface area contributed by atoms with Crippen LogP contribution in [-0.4, -0.2) is 40.6 Å². The van der Waals surface area contributed by atoms with Crippen LogP contribution in [-0.2, 0) is 23.0 Å². The van der Waals surface area contributed by atoms with Crippen LogP contribution in [0.2, 0.25) is 0 Å². The Morgan fingerprint density at radius 2 is 1.91 bits per heavy atom. The molecule has 0 unspecified atom stereocenters. The van der Waals surface area contributed by atoms with E-state index in [1.165, 1.54) is 6.26 Å². The quantitative estimate of drug-likeness (QED) is 0.777. The molecule has 0 radical (unpaired) electrons. The minimum atomic E-state index is -3.27. The number of benzene rings is 1. The summed E-state index contributed by atoms with van der Waals surface area (Å²) in [5.74, 6) is 0.699. The summed E-state index contributed by atoms with van der Waals surface area (Å²) in [6.45, 7) is 0.398. The summed E-state index contributed by atoms with van der Waals surface area (Å²) in [6, 6.07) is 7.06. The third-order valence-electron chi connectivity index (χ3n) is 4.69. The molecule has 2 atom stereocenters. The van der Waals surface area contributed by atoms with Gasteiger partial charge in [-0.3, -0.25) is 9.36 Å². The van der Waals surface area contributed by atoms with Crippen LogP contribution in [0.1, 0.15) is 18.7 Å². The van der Waals surface area contributed by atoms with Crippen molar-refractivity contribution in [3.8, 4) is 0 Å². The van der Waals surface area contributed by atoms with Crippen molar-refractivity contribution in [3.63, 3.8) is 0 Å². The number of para-hydroxylation sites is 1. The Balaban J connectivity index is 1.92. The molecule has 0 N–H and O–H groups in total. The monoisotopic (exact) mass is 319 g/mol. The standard InChI is InChI=1S/C15H17N3O3S/c1-22(20,21)18-10-6-7-11(18)9-17-14(8-10)16-13-5-3-2-4-12(13)15(17)19/h2-5,10-11H,6-9H2,1H3/t10-,11-/m1/s1. The van der Waals surface area contributed by atoms with Crippen LogP contribution >= 0.6 is 0 Å². The van der Waals surface area contributed by atoms with Crippen molar-refractivity contribution in [2.45, 2.75) is 37.9 Å². The summed E-state index contributed by atoms with van der Waals surface area (Å²) in [5.41, 5.74) is 0.615. The van der Waals surface area contributed by atoms with Gasteiger partial charge >= 0.3 is 0 Å². The Hall–Kier alpha value is -1.73. The Bertz CT molecular complexity index is 919. The lowest BCUT2D eigenvalue weighted by atomic mass is 10.1. The summed E-state index contributed by atoms with van der Waals surface area (Å²) >= 11 is 0. The number of rotatable bonds is 1. The average Bonchev–Trinajstić information content (AvgIpc) is 2.76. The molecular weight excluding hydrogens is 302 g/mol. The molecule has 2 aromatic rings. The van der Waals surface area contributed by atoms with E-state index >= 15 is 0 Å². The summed E-state index contributed by atoms with van der Waals surface area (Å²) in [4.78, 5) is 17.3. The van der Waals surface area contributed by atoms with Crippen molar-refractivity contribution in [1.82, 2.24) is 13.9 Å². The molecule has 7 heteroatoms. The van der Waals surface area contributed by atoms with E-state index in [1.807, 2.05) is 18.2 Å². The number of sulfonamides is 1. The average molecular weight is 319 g/mol. The molecule has 22 heavy (non-hydrogen) atoms. The molecule has 0 saturated carbocycles. The molecule has 2 aliphatic heterocycles. The maximum Gasteiger partial charge on any atom is 0.261 e. The van der Waals surface area contributed by atoms with Crippen LogP contribution in [0.5, 0.6) is 0 Å². The van der Waals surface area contributed by atoms with Gasteiger partial charge in [-0.1, -0.05) is 12.1 Å². The van der Waals surface area contributed by atoms with Gasteiger partial charge in [-0.2, -0.15) is 4.31 Å². The summed E-state index contributed by atoms with van der Waals surface area (Å²) < 4.78 is 27.4. The van der Waals surface area contributed by atoms with Gasteiger partial charge in [-0.25, -0.2) is 13.4 Å². The van der Waals surface area contributed by atoms with Crippen molar-refractivity contribution in [2.75, 3.05) is 6.26 Å². The lowest BCUT2D eigenvalue weighted by Crippen LogP contribution is -2.41. The van der Waals surface area contributed by atoms with Gasteiger partial charge in [0, 0.05) is 25.0 Å². The molecule has 0 spiro atoms. The molecule has 1 saturated heterocycles. The molecule has 1 aromatic carbocycles. The molecule has 0 aliphatic carbocycles. The molecule has 116 valence electrons. The van der Waals surface area contributed by atoms with Crippen LogP contribution in [0.3, 0.4) is 0 Å². The molecule has 2 bridgehead atoms. The van der Waals surface area contributed by atoms with Gasteiger partial charge in [0.25, 0.3) is 5.56 Å². The van der Waals surface area contributed by atoms with Crippen LogP contribution in [0, 0.1) is 0 Å². The van der Waals surface area contributed by atoms with Crippen molar-refractivity contribution >= 4 is 20.9 Å². The minimum Gasteiger partial charge on any atom is -0.294 e. The van der Waals surface area contributed by atoms with Crippen molar-refractivity contribution < 1.29 is 8.42 Å². The summed E-state index contributed by atoms with van der Waals surface area (Å²) in [6.07, 6.45) is 3.39. The maximum absolute atomic E-state index is 12.7. The first-order valence-electron chi connectivity index (χ1n) is 7.42. The number of hydrogen-bond acceptors (Lipinski definition) is 4. The normalized spacial score (nSPS) is 25.1. The van der Waals surface area contributed by atoms with Crippen molar-refractivity contribution in [2.24, 2.45) is 0 Å². The molecule has 4 rings (SSSR count). The van der Waals surface area contributed by atoms with E-state index in [4.69, 9.17) is 0 Å². The highest BCUT2D eigenvalue weighted by Crippen LogP contribution is 2.32. The van der Waals surface area contributed by atoms with Crippen LogP contribution in [0.15, 0.2) is 29.1 Å². The molecule has 3 heterocycles. The van der Waals surface area contributed by atoms with Crippen LogP contribution in [0.4, 0.5) is 0 Å². The second-order valence-corrected chi connectivity index (χ2v) is 8.03. The Morgan fingerprint density at radius 3 is 2.68 bits per heavy atom. The Labute approximate surface area is 128 Å². The molecule has 1 aromatic heterocycles. The molecule has 0 amide bonds. The van der Waals surface area contributed by atoms with Gasteiger partial charge < -0.3 is 0 Å². The van der Waals surface area contributed by atoms with Gasteiger partial charge in [0.1, 0.15) is 5.82 Å². The molecular formula is C15H17N3O3S. The molecule has 2 aliphatic rings. The fraction of sp³-hybridized carbons (Fsp3) is 0.467. The predicted molar refractivity (Wildman–Crippen MR) is 83.2 cm³/mol. The fourth-order valence-electron chi connectivity index (χ4n) is 3.82. The van der Waals surface area contributed by atoms with Gasteiger partial charge in [-0.15, -0.1) is 0 Å². The first-order chi connectivity index (χ1) is 10.4. The third-order valence-corrected chi connectivity index (χ3v) is 6.05. The second-order valence-electron chi connectivity index (χ2n) is 6.14. The maximum atomic E-state index is 12.7. The highest BCUT2D eigenvalue weighted by molar-refractivity contribution is 7.88. The largest absolute Gasteiger partial charge is 0.294 e. The lowest BCUT2D eigenvalue weighted by molar-refractivity contribution is 0.318. The highest BCUT2D eigenvalue weighted by atomic mass is 32.2. The zero-order valence-corrected chi connectivity index (χ0v) is 13.1. The van der Waals surface area contributed by atoms with E-state index in [0.29, 0.717) is 29.7 Å². The summed E-state index contributed by atoms with van der Waals surface area (Å²) in [5, 5.41) is 0.593. The van der Waals surface area contributed by atoms with E-state index in [0.717, 1.165) is 12.8 Å². The number of fused-ring (bicyclic) bond motifs is 4.